The number of hydrogen-bond donors (Lipinski definition) is 1. The average Bonchev–Trinajstić information content (AvgIpc) is 2.60. The minimum absolute atomic E-state index is 0.319. The van der Waals surface area contributed by atoms with Crippen LogP contribution in [0, 0.1) is 0 Å². The van der Waals surface area contributed by atoms with Crippen LogP contribution in [-0.2, 0) is 0 Å². The van der Waals surface area contributed by atoms with E-state index in [0.29, 0.717) is 21.8 Å². The highest BCUT2D eigenvalue weighted by molar-refractivity contribution is 9.11. The van der Waals surface area contributed by atoms with E-state index in [-0.39, 0.29) is 0 Å². The lowest BCUT2D eigenvalue weighted by Crippen LogP contribution is -1.88. The van der Waals surface area contributed by atoms with Gasteiger partial charge in [-0.25, -0.2) is 0 Å². The number of anilines is 1. The van der Waals surface area contributed by atoms with Crippen molar-refractivity contribution in [1.29, 1.82) is 0 Å². The highest BCUT2D eigenvalue weighted by atomic mass is 79.9. The van der Waals surface area contributed by atoms with Crippen LogP contribution in [0.3, 0.4) is 0 Å². The zero-order valence-electron chi connectivity index (χ0n) is 8.33. The van der Waals surface area contributed by atoms with Crippen LogP contribution >= 0.6 is 31.9 Å². The molecule has 2 aromatic rings. The molecule has 0 radical (unpaired) electrons. The Bertz CT molecular complexity index is 526. The summed E-state index contributed by atoms with van der Waals surface area (Å²) < 4.78 is 12.0. The number of nitrogens with zero attached hydrogens (tertiary/aromatic N) is 1. The van der Waals surface area contributed by atoms with E-state index in [9.17, 15) is 0 Å². The van der Waals surface area contributed by atoms with E-state index in [1.54, 1.807) is 7.11 Å². The molecule has 1 aromatic heterocycles. The summed E-state index contributed by atoms with van der Waals surface area (Å²) in [6.45, 7) is 0. The van der Waals surface area contributed by atoms with Crippen LogP contribution in [0.2, 0.25) is 0 Å². The number of halogens is 2. The maximum Gasteiger partial charge on any atom is 0.187 e. The van der Waals surface area contributed by atoms with E-state index in [4.69, 9.17) is 15.0 Å². The molecule has 0 aliphatic rings. The average molecular weight is 348 g/mol. The summed E-state index contributed by atoms with van der Waals surface area (Å²) in [6, 6.07) is 5.61. The molecule has 0 aliphatic heterocycles. The summed E-state index contributed by atoms with van der Waals surface area (Å²) in [5.74, 6) is 1.56. The second kappa shape index (κ2) is 4.47. The van der Waals surface area contributed by atoms with Crippen molar-refractivity contribution in [3.63, 3.8) is 0 Å². The molecule has 0 saturated heterocycles. The van der Waals surface area contributed by atoms with Crippen LogP contribution in [0.25, 0.3) is 11.3 Å². The molecule has 4 nitrogen and oxygen atoms in total. The lowest BCUT2D eigenvalue weighted by molar-refractivity contribution is 0.406. The lowest BCUT2D eigenvalue weighted by Gasteiger charge is -2.06. The molecule has 0 unspecified atom stereocenters. The Balaban J connectivity index is 2.59. The molecule has 1 heterocycles. The number of methoxy groups -OCH3 is 1. The Morgan fingerprint density at radius 2 is 2.12 bits per heavy atom. The third-order valence-electron chi connectivity index (χ3n) is 2.07. The second-order valence-corrected chi connectivity index (χ2v) is 4.76. The Labute approximate surface area is 109 Å². The van der Waals surface area contributed by atoms with Gasteiger partial charge in [-0.1, -0.05) is 21.1 Å². The molecule has 0 fully saturated rings. The van der Waals surface area contributed by atoms with Crippen molar-refractivity contribution >= 4 is 37.7 Å². The summed E-state index contributed by atoms with van der Waals surface area (Å²) in [7, 11) is 1.60. The Morgan fingerprint density at radius 3 is 2.69 bits per heavy atom. The zero-order valence-corrected chi connectivity index (χ0v) is 11.5. The molecule has 2 rings (SSSR count). The Kier molecular flexibility index (Phi) is 3.20. The largest absolute Gasteiger partial charge is 0.496 e. The predicted octanol–water partition coefficient (Wildman–Crippen LogP) is 3.46. The zero-order chi connectivity index (χ0) is 11.7. The van der Waals surface area contributed by atoms with E-state index >= 15 is 0 Å². The topological polar surface area (TPSA) is 61.3 Å². The lowest BCUT2D eigenvalue weighted by atomic mass is 10.1. The molecular formula is C10H8Br2N2O2. The Hall–Kier alpha value is -1.01. The first kappa shape index (κ1) is 11.5. The molecule has 0 atom stereocenters. The van der Waals surface area contributed by atoms with Gasteiger partial charge in [0.15, 0.2) is 11.6 Å². The number of aromatic nitrogens is 1. The molecular weight excluding hydrogens is 340 g/mol. The third kappa shape index (κ3) is 1.94. The molecule has 2 N–H and O–H groups in total. The number of nitrogens with two attached hydrogens (primary N) is 1. The van der Waals surface area contributed by atoms with Gasteiger partial charge in [0, 0.05) is 4.47 Å². The minimum Gasteiger partial charge on any atom is -0.496 e. The molecule has 0 spiro atoms. The number of ether oxygens (including phenoxy) is 1. The minimum atomic E-state index is 0.319. The van der Waals surface area contributed by atoms with Crippen molar-refractivity contribution in [2.24, 2.45) is 0 Å². The number of rotatable bonds is 2. The van der Waals surface area contributed by atoms with Crippen molar-refractivity contribution in [2.75, 3.05) is 12.8 Å². The van der Waals surface area contributed by atoms with E-state index < -0.39 is 0 Å². The third-order valence-corrected chi connectivity index (χ3v) is 3.33. The number of benzene rings is 1. The van der Waals surface area contributed by atoms with Gasteiger partial charge in [-0.15, -0.1) is 0 Å². The van der Waals surface area contributed by atoms with Crippen LogP contribution < -0.4 is 10.5 Å². The fraction of sp³-hybridized carbons (Fsp3) is 0.100. The maximum absolute atomic E-state index is 5.60. The second-order valence-electron chi connectivity index (χ2n) is 3.06. The molecule has 0 amide bonds. The van der Waals surface area contributed by atoms with Gasteiger partial charge in [0.05, 0.1) is 12.7 Å². The molecule has 84 valence electrons. The normalized spacial score (nSPS) is 10.4. The van der Waals surface area contributed by atoms with E-state index in [0.717, 1.165) is 10.0 Å². The van der Waals surface area contributed by atoms with E-state index in [1.165, 1.54) is 0 Å². The summed E-state index contributed by atoms with van der Waals surface area (Å²) >= 11 is 6.69. The quantitative estimate of drug-likeness (QED) is 0.903. The van der Waals surface area contributed by atoms with Crippen LogP contribution in [0.4, 0.5) is 5.82 Å². The first-order valence-corrected chi connectivity index (χ1v) is 5.96. The van der Waals surface area contributed by atoms with Crippen molar-refractivity contribution in [2.45, 2.75) is 0 Å². The van der Waals surface area contributed by atoms with Crippen LogP contribution in [0.1, 0.15) is 0 Å². The molecule has 0 aliphatic carbocycles. The number of hydrogen-bond acceptors (Lipinski definition) is 4. The first-order chi connectivity index (χ1) is 7.63. The van der Waals surface area contributed by atoms with Gasteiger partial charge >= 0.3 is 0 Å². The fourth-order valence-electron chi connectivity index (χ4n) is 1.31. The van der Waals surface area contributed by atoms with Crippen molar-refractivity contribution in [3.8, 4) is 17.1 Å². The van der Waals surface area contributed by atoms with Crippen LogP contribution in [0.5, 0.6) is 5.75 Å². The van der Waals surface area contributed by atoms with E-state index in [1.807, 2.05) is 18.2 Å². The first-order valence-electron chi connectivity index (χ1n) is 4.38. The predicted molar refractivity (Wildman–Crippen MR) is 68.3 cm³/mol. The molecule has 1 aromatic carbocycles. The van der Waals surface area contributed by atoms with Crippen LogP contribution in [-0.4, -0.2) is 12.3 Å². The van der Waals surface area contributed by atoms with Gasteiger partial charge < -0.3 is 15.0 Å². The van der Waals surface area contributed by atoms with Gasteiger partial charge in [-0.2, -0.15) is 0 Å². The van der Waals surface area contributed by atoms with Gasteiger partial charge in [0.2, 0.25) is 0 Å². The van der Waals surface area contributed by atoms with Crippen molar-refractivity contribution in [1.82, 2.24) is 5.16 Å². The molecule has 0 saturated carbocycles. The summed E-state index contributed by atoms with van der Waals surface area (Å²) in [6.07, 6.45) is 0. The highest BCUT2D eigenvalue weighted by Gasteiger charge is 2.17. The molecule has 6 heteroatoms. The van der Waals surface area contributed by atoms with Gasteiger partial charge in [0.25, 0.3) is 0 Å². The summed E-state index contributed by atoms with van der Waals surface area (Å²) in [4.78, 5) is 0. The monoisotopic (exact) mass is 346 g/mol. The van der Waals surface area contributed by atoms with Crippen molar-refractivity contribution < 1.29 is 9.26 Å². The van der Waals surface area contributed by atoms with Gasteiger partial charge in [-0.05, 0) is 34.1 Å². The summed E-state index contributed by atoms with van der Waals surface area (Å²) in [5, 5.41) is 3.68. The van der Waals surface area contributed by atoms with Crippen molar-refractivity contribution in [3.05, 3.63) is 27.1 Å². The fourth-order valence-corrected chi connectivity index (χ4v) is 2.01. The maximum atomic E-state index is 5.60. The number of nitrogen functional groups attached to an aromatic ring is 1. The highest BCUT2D eigenvalue weighted by Crippen LogP contribution is 2.38. The van der Waals surface area contributed by atoms with Gasteiger partial charge in [0.1, 0.15) is 10.2 Å². The van der Waals surface area contributed by atoms with Gasteiger partial charge in [-0.3, -0.25) is 0 Å². The van der Waals surface area contributed by atoms with Crippen LogP contribution in [0.15, 0.2) is 31.7 Å². The standard InChI is InChI=1S/C10H8Br2N2O2/c1-15-7-4-5(11)2-3-6(7)9-8(12)10(13)14-16-9/h2-4H,1H3,(H2,13,14). The summed E-state index contributed by atoms with van der Waals surface area (Å²) in [5.41, 5.74) is 6.39. The SMILES string of the molecule is COc1cc(Br)ccc1-c1onc(N)c1Br. The molecule has 0 bridgehead atoms. The Morgan fingerprint density at radius 1 is 1.38 bits per heavy atom. The van der Waals surface area contributed by atoms with E-state index in [2.05, 4.69) is 37.0 Å². The molecule has 16 heavy (non-hydrogen) atoms. The smallest absolute Gasteiger partial charge is 0.187 e.